The predicted octanol–water partition coefficient (Wildman–Crippen LogP) is 0.369. The zero-order chi connectivity index (χ0) is 6.81. The summed E-state index contributed by atoms with van der Waals surface area (Å²) in [5, 5.41) is 0. The normalized spacial score (nSPS) is 20.8. The lowest BCUT2D eigenvalue weighted by molar-refractivity contribution is 0.473. The molecule has 2 aliphatic rings. The largest absolute Gasteiger partial charge is 0.444 e. The first-order chi connectivity index (χ1) is 4.97. The van der Waals surface area contributed by atoms with Gasteiger partial charge in [-0.2, -0.15) is 0 Å². The molecule has 2 aliphatic heterocycles. The van der Waals surface area contributed by atoms with Crippen LogP contribution in [-0.4, -0.2) is 24.5 Å². The quantitative estimate of drug-likeness (QED) is 0.473. The van der Waals surface area contributed by atoms with Gasteiger partial charge in [0.15, 0.2) is 0 Å². The van der Waals surface area contributed by atoms with E-state index in [-0.39, 0.29) is 0 Å². The minimum absolute atomic E-state index is 0.447. The Balaban J connectivity index is 2.39. The van der Waals surface area contributed by atoms with Crippen molar-refractivity contribution in [2.24, 2.45) is 15.0 Å². The maximum atomic E-state index is 5.03. The molecule has 0 saturated carbocycles. The predicted molar refractivity (Wildman–Crippen MR) is 38.5 cm³/mol. The lowest BCUT2D eigenvalue weighted by Crippen LogP contribution is -2.22. The van der Waals surface area contributed by atoms with E-state index >= 15 is 0 Å². The van der Waals surface area contributed by atoms with Gasteiger partial charge in [0.1, 0.15) is 18.6 Å². The fourth-order valence-electron chi connectivity index (χ4n) is 0.760. The number of rotatable bonds is 0. The molecule has 0 aromatic rings. The lowest BCUT2D eigenvalue weighted by atomic mass is 10.3. The SMILES string of the molecule is C1=COC2=NCN=CC2=N1. The van der Waals surface area contributed by atoms with Crippen LogP contribution in [0.15, 0.2) is 27.4 Å². The van der Waals surface area contributed by atoms with Crippen molar-refractivity contribution >= 4 is 17.8 Å². The van der Waals surface area contributed by atoms with E-state index in [0.717, 1.165) is 0 Å². The summed E-state index contributed by atoms with van der Waals surface area (Å²) in [5.74, 6) is 0.567. The molecular formula is C6H5N3O. The van der Waals surface area contributed by atoms with E-state index < -0.39 is 0 Å². The molecule has 0 radical (unpaired) electrons. The maximum Gasteiger partial charge on any atom is 0.243 e. The topological polar surface area (TPSA) is 46.3 Å². The molecule has 0 bridgehead atoms. The average molecular weight is 135 g/mol. The number of ether oxygens (including phenoxy) is 1. The van der Waals surface area contributed by atoms with Crippen molar-refractivity contribution in [2.75, 3.05) is 6.67 Å². The molecule has 0 atom stereocenters. The minimum atomic E-state index is 0.447. The van der Waals surface area contributed by atoms with E-state index in [4.69, 9.17) is 4.74 Å². The van der Waals surface area contributed by atoms with Crippen molar-refractivity contribution in [3.8, 4) is 0 Å². The number of fused-ring (bicyclic) bond motifs is 1. The summed E-state index contributed by atoms with van der Waals surface area (Å²) >= 11 is 0. The highest BCUT2D eigenvalue weighted by molar-refractivity contribution is 6.61. The molecule has 0 fully saturated rings. The van der Waals surface area contributed by atoms with Crippen LogP contribution in [0.1, 0.15) is 0 Å². The summed E-state index contributed by atoms with van der Waals surface area (Å²) in [6.45, 7) is 0.447. The second-order valence-corrected chi connectivity index (χ2v) is 1.83. The summed E-state index contributed by atoms with van der Waals surface area (Å²) in [6, 6.07) is 0. The molecule has 4 nitrogen and oxygen atoms in total. The van der Waals surface area contributed by atoms with Gasteiger partial charge in [-0.15, -0.1) is 0 Å². The van der Waals surface area contributed by atoms with E-state index in [1.165, 1.54) is 6.26 Å². The molecule has 0 aliphatic carbocycles. The van der Waals surface area contributed by atoms with Crippen LogP contribution in [0.25, 0.3) is 0 Å². The molecule has 0 unspecified atom stereocenters. The van der Waals surface area contributed by atoms with Crippen LogP contribution >= 0.6 is 0 Å². The highest BCUT2D eigenvalue weighted by Gasteiger charge is 2.11. The van der Waals surface area contributed by atoms with Crippen LogP contribution in [0.4, 0.5) is 0 Å². The van der Waals surface area contributed by atoms with Crippen LogP contribution in [-0.2, 0) is 4.74 Å². The van der Waals surface area contributed by atoms with Crippen LogP contribution in [0, 0.1) is 0 Å². The van der Waals surface area contributed by atoms with E-state index in [1.54, 1.807) is 12.4 Å². The summed E-state index contributed by atoms with van der Waals surface area (Å²) in [6.07, 6.45) is 4.74. The van der Waals surface area contributed by atoms with E-state index in [1.807, 2.05) is 0 Å². The Morgan fingerprint density at radius 1 is 1.50 bits per heavy atom. The van der Waals surface area contributed by atoms with E-state index in [2.05, 4.69) is 15.0 Å². The third-order valence-corrected chi connectivity index (χ3v) is 1.18. The first-order valence-corrected chi connectivity index (χ1v) is 2.91. The van der Waals surface area contributed by atoms with Crippen LogP contribution in [0.2, 0.25) is 0 Å². The number of hydrogen-bond acceptors (Lipinski definition) is 4. The lowest BCUT2D eigenvalue weighted by Gasteiger charge is -2.09. The minimum Gasteiger partial charge on any atom is -0.444 e. The molecular weight excluding hydrogens is 130 g/mol. The van der Waals surface area contributed by atoms with Crippen LogP contribution in [0.3, 0.4) is 0 Å². The third kappa shape index (κ3) is 0.737. The Labute approximate surface area is 57.7 Å². The molecule has 0 aromatic heterocycles. The molecule has 0 saturated heterocycles. The van der Waals surface area contributed by atoms with Crippen molar-refractivity contribution in [1.82, 2.24) is 0 Å². The average Bonchev–Trinajstić information content (AvgIpc) is 2.05. The fourth-order valence-corrected chi connectivity index (χ4v) is 0.760. The Bertz CT molecular complexity index is 262. The van der Waals surface area contributed by atoms with E-state index in [9.17, 15) is 0 Å². The zero-order valence-electron chi connectivity index (χ0n) is 5.19. The Kier molecular flexibility index (Phi) is 1.10. The number of nitrogens with zero attached hydrogens (tertiary/aromatic N) is 3. The van der Waals surface area contributed by atoms with Gasteiger partial charge in [0.05, 0.1) is 12.4 Å². The fraction of sp³-hybridized carbons (Fsp3) is 0.167. The van der Waals surface area contributed by atoms with Crippen molar-refractivity contribution in [3.63, 3.8) is 0 Å². The van der Waals surface area contributed by atoms with Gasteiger partial charge in [-0.3, -0.25) is 4.99 Å². The van der Waals surface area contributed by atoms with Crippen molar-refractivity contribution in [3.05, 3.63) is 12.5 Å². The number of aliphatic imine (C=N–C) groups is 3. The zero-order valence-corrected chi connectivity index (χ0v) is 5.19. The molecule has 0 amide bonds. The molecule has 0 N–H and O–H groups in total. The van der Waals surface area contributed by atoms with Crippen molar-refractivity contribution < 1.29 is 4.74 Å². The molecule has 2 rings (SSSR count). The molecule has 0 aromatic carbocycles. The highest BCUT2D eigenvalue weighted by atomic mass is 16.5. The van der Waals surface area contributed by atoms with E-state index in [0.29, 0.717) is 18.3 Å². The van der Waals surface area contributed by atoms with Gasteiger partial charge in [0, 0.05) is 0 Å². The van der Waals surface area contributed by atoms with Gasteiger partial charge in [0.25, 0.3) is 0 Å². The third-order valence-electron chi connectivity index (χ3n) is 1.18. The monoisotopic (exact) mass is 135 g/mol. The smallest absolute Gasteiger partial charge is 0.243 e. The molecule has 0 spiro atoms. The van der Waals surface area contributed by atoms with Gasteiger partial charge in [-0.05, 0) is 0 Å². The van der Waals surface area contributed by atoms with Crippen LogP contribution in [0.5, 0.6) is 0 Å². The van der Waals surface area contributed by atoms with Gasteiger partial charge in [-0.1, -0.05) is 0 Å². The summed E-state index contributed by atoms with van der Waals surface area (Å²) in [4.78, 5) is 11.9. The molecule has 50 valence electrons. The second kappa shape index (κ2) is 2.06. The first-order valence-electron chi connectivity index (χ1n) is 2.91. The standard InChI is InChI=1S/C6H5N3O/c1-2-10-6-5(8-1)3-7-4-9-6/h1-3H,4H2. The van der Waals surface area contributed by atoms with Crippen molar-refractivity contribution in [2.45, 2.75) is 0 Å². The highest BCUT2D eigenvalue weighted by Crippen LogP contribution is 1.99. The van der Waals surface area contributed by atoms with Crippen LogP contribution < -0.4 is 0 Å². The van der Waals surface area contributed by atoms with Gasteiger partial charge in [0.2, 0.25) is 5.90 Å². The molecule has 2 heterocycles. The van der Waals surface area contributed by atoms with Crippen molar-refractivity contribution in [1.29, 1.82) is 0 Å². The summed E-state index contributed by atoms with van der Waals surface area (Å²) in [7, 11) is 0. The summed E-state index contributed by atoms with van der Waals surface area (Å²) in [5.41, 5.74) is 0.703. The van der Waals surface area contributed by atoms with Gasteiger partial charge in [-0.25, -0.2) is 9.98 Å². The first kappa shape index (κ1) is 5.34. The van der Waals surface area contributed by atoms with Gasteiger partial charge < -0.3 is 4.74 Å². The summed E-state index contributed by atoms with van der Waals surface area (Å²) < 4.78 is 5.03. The number of hydrogen-bond donors (Lipinski definition) is 0. The Hall–Kier alpha value is -1.45. The molecule has 4 heteroatoms. The Morgan fingerprint density at radius 3 is 3.40 bits per heavy atom. The second-order valence-electron chi connectivity index (χ2n) is 1.83. The Morgan fingerprint density at radius 2 is 2.50 bits per heavy atom. The molecule has 10 heavy (non-hydrogen) atoms. The maximum absolute atomic E-state index is 5.03. The van der Waals surface area contributed by atoms with Gasteiger partial charge >= 0.3 is 0 Å².